The van der Waals surface area contributed by atoms with Crippen LogP contribution in [-0.4, -0.2) is 37.1 Å². The van der Waals surface area contributed by atoms with E-state index < -0.39 is 0 Å². The lowest BCUT2D eigenvalue weighted by Crippen LogP contribution is -2.38. The van der Waals surface area contributed by atoms with Gasteiger partial charge >= 0.3 is 0 Å². The van der Waals surface area contributed by atoms with Crippen molar-refractivity contribution in [1.29, 1.82) is 0 Å². The Bertz CT molecular complexity index is 195. The molecule has 1 N–H and O–H groups in total. The molecule has 1 fully saturated rings. The summed E-state index contributed by atoms with van der Waals surface area (Å²) in [6.07, 6.45) is 8.22. The van der Waals surface area contributed by atoms with Gasteiger partial charge in [0.1, 0.15) is 0 Å². The quantitative estimate of drug-likeness (QED) is 0.682. The number of rotatable bonds is 9. The van der Waals surface area contributed by atoms with E-state index in [0.29, 0.717) is 0 Å². The predicted molar refractivity (Wildman–Crippen MR) is 85.6 cm³/mol. The summed E-state index contributed by atoms with van der Waals surface area (Å²) in [5, 5.41) is 3.68. The molecular formula is C17H36N2. The number of hydrogen-bond acceptors (Lipinski definition) is 2. The van der Waals surface area contributed by atoms with Crippen LogP contribution in [0.4, 0.5) is 0 Å². The third-order valence-corrected chi connectivity index (χ3v) is 4.25. The number of hydrogen-bond donors (Lipinski definition) is 1. The van der Waals surface area contributed by atoms with E-state index in [0.717, 1.165) is 17.9 Å². The van der Waals surface area contributed by atoms with E-state index in [9.17, 15) is 0 Å². The van der Waals surface area contributed by atoms with E-state index >= 15 is 0 Å². The molecule has 19 heavy (non-hydrogen) atoms. The Morgan fingerprint density at radius 3 is 2.05 bits per heavy atom. The summed E-state index contributed by atoms with van der Waals surface area (Å²) < 4.78 is 0. The molecule has 0 aromatic rings. The first-order valence-corrected chi connectivity index (χ1v) is 8.53. The van der Waals surface area contributed by atoms with Crippen molar-refractivity contribution in [3.63, 3.8) is 0 Å². The lowest BCUT2D eigenvalue weighted by atomic mass is 10.0. The third kappa shape index (κ3) is 8.65. The first kappa shape index (κ1) is 17.0. The summed E-state index contributed by atoms with van der Waals surface area (Å²) in [7, 11) is 0. The van der Waals surface area contributed by atoms with E-state index in [1.165, 1.54) is 64.7 Å². The van der Waals surface area contributed by atoms with Gasteiger partial charge in [-0.2, -0.15) is 0 Å². The third-order valence-electron chi connectivity index (χ3n) is 4.25. The molecule has 2 heteroatoms. The van der Waals surface area contributed by atoms with Crippen LogP contribution < -0.4 is 5.32 Å². The molecule has 1 unspecified atom stereocenters. The van der Waals surface area contributed by atoms with Crippen molar-refractivity contribution < 1.29 is 0 Å². The Balaban J connectivity index is 2.25. The molecule has 1 rings (SSSR count). The van der Waals surface area contributed by atoms with Crippen molar-refractivity contribution in [2.24, 2.45) is 11.8 Å². The second kappa shape index (κ2) is 9.77. The summed E-state index contributed by atoms with van der Waals surface area (Å²) >= 11 is 0. The Labute approximate surface area is 121 Å². The van der Waals surface area contributed by atoms with Crippen molar-refractivity contribution >= 4 is 0 Å². The molecule has 0 amide bonds. The molecule has 0 aromatic carbocycles. The lowest BCUT2D eigenvalue weighted by Gasteiger charge is -2.28. The molecule has 0 bridgehead atoms. The van der Waals surface area contributed by atoms with Crippen molar-refractivity contribution in [3.05, 3.63) is 0 Å². The summed E-state index contributed by atoms with van der Waals surface area (Å²) in [5.74, 6) is 1.66. The van der Waals surface area contributed by atoms with E-state index in [1.807, 2.05) is 0 Å². The van der Waals surface area contributed by atoms with Crippen LogP contribution >= 0.6 is 0 Å². The van der Waals surface area contributed by atoms with Crippen LogP contribution in [0.25, 0.3) is 0 Å². The van der Waals surface area contributed by atoms with Crippen LogP contribution in [0.5, 0.6) is 0 Å². The van der Waals surface area contributed by atoms with E-state index in [2.05, 4.69) is 37.9 Å². The Kier molecular flexibility index (Phi) is 8.72. The number of piperidine rings is 1. The molecule has 0 aliphatic carbocycles. The highest BCUT2D eigenvalue weighted by Gasteiger charge is 2.14. The smallest absolute Gasteiger partial charge is 0.00792 e. The summed E-state index contributed by atoms with van der Waals surface area (Å²) in [4.78, 5) is 2.70. The number of nitrogens with zero attached hydrogens (tertiary/aromatic N) is 1. The minimum absolute atomic E-state index is 0.786. The Morgan fingerprint density at radius 1 is 0.947 bits per heavy atom. The van der Waals surface area contributed by atoms with Crippen molar-refractivity contribution in [1.82, 2.24) is 10.2 Å². The monoisotopic (exact) mass is 268 g/mol. The molecule has 114 valence electrons. The maximum Gasteiger partial charge on any atom is 0.00792 e. The maximum atomic E-state index is 3.68. The maximum absolute atomic E-state index is 3.68. The molecule has 0 aromatic heterocycles. The molecule has 0 saturated carbocycles. The van der Waals surface area contributed by atoms with Gasteiger partial charge in [0.25, 0.3) is 0 Å². The van der Waals surface area contributed by atoms with Gasteiger partial charge < -0.3 is 10.2 Å². The minimum atomic E-state index is 0.786. The van der Waals surface area contributed by atoms with Crippen molar-refractivity contribution in [3.8, 4) is 0 Å². The summed E-state index contributed by atoms with van der Waals surface area (Å²) in [6, 6.07) is 0.786. The molecule has 1 aliphatic heterocycles. The van der Waals surface area contributed by atoms with Crippen molar-refractivity contribution in [2.45, 2.75) is 72.3 Å². The highest BCUT2D eigenvalue weighted by Crippen LogP contribution is 2.12. The summed E-state index contributed by atoms with van der Waals surface area (Å²) in [5.41, 5.74) is 0. The topological polar surface area (TPSA) is 15.3 Å². The van der Waals surface area contributed by atoms with Crippen LogP contribution in [0, 0.1) is 11.8 Å². The van der Waals surface area contributed by atoms with Gasteiger partial charge in [0.15, 0.2) is 0 Å². The first-order valence-electron chi connectivity index (χ1n) is 8.53. The van der Waals surface area contributed by atoms with Gasteiger partial charge in [-0.05, 0) is 70.1 Å². The largest absolute Gasteiger partial charge is 0.314 e. The zero-order valence-corrected chi connectivity index (χ0v) is 13.8. The van der Waals surface area contributed by atoms with Crippen LogP contribution in [0.3, 0.4) is 0 Å². The van der Waals surface area contributed by atoms with Gasteiger partial charge in [0.05, 0.1) is 0 Å². The lowest BCUT2D eigenvalue weighted by molar-refractivity contribution is 0.223. The fourth-order valence-electron chi connectivity index (χ4n) is 2.73. The Hall–Kier alpha value is -0.0800. The van der Waals surface area contributed by atoms with Gasteiger partial charge in [0, 0.05) is 6.04 Å². The summed E-state index contributed by atoms with van der Waals surface area (Å²) in [6.45, 7) is 14.5. The SMILES string of the molecule is CC(C)CCN(CCC(C)C)CCC1CCCCN1. The highest BCUT2D eigenvalue weighted by atomic mass is 15.1. The standard InChI is InChI=1S/C17H36N2/c1-15(2)8-12-19(13-9-16(3)4)14-10-17-7-5-6-11-18-17/h15-18H,5-14H2,1-4H3. The van der Waals surface area contributed by atoms with Gasteiger partial charge in [-0.3, -0.25) is 0 Å². The molecule has 1 aliphatic rings. The van der Waals surface area contributed by atoms with Crippen LogP contribution in [-0.2, 0) is 0 Å². The molecule has 1 atom stereocenters. The van der Waals surface area contributed by atoms with Gasteiger partial charge in [-0.25, -0.2) is 0 Å². The molecular weight excluding hydrogens is 232 g/mol. The molecule has 2 nitrogen and oxygen atoms in total. The second-order valence-electron chi connectivity index (χ2n) is 7.14. The van der Waals surface area contributed by atoms with Crippen LogP contribution in [0.1, 0.15) is 66.2 Å². The normalized spacial score (nSPS) is 20.7. The second-order valence-corrected chi connectivity index (χ2v) is 7.14. The minimum Gasteiger partial charge on any atom is -0.314 e. The van der Waals surface area contributed by atoms with E-state index in [4.69, 9.17) is 0 Å². The fraction of sp³-hybridized carbons (Fsp3) is 1.00. The molecule has 1 saturated heterocycles. The van der Waals surface area contributed by atoms with Gasteiger partial charge in [-0.1, -0.05) is 34.1 Å². The highest BCUT2D eigenvalue weighted by molar-refractivity contribution is 4.74. The zero-order chi connectivity index (χ0) is 14.1. The fourth-order valence-corrected chi connectivity index (χ4v) is 2.73. The predicted octanol–water partition coefficient (Wildman–Crippen LogP) is 3.91. The molecule has 0 spiro atoms. The molecule has 1 heterocycles. The van der Waals surface area contributed by atoms with Gasteiger partial charge in [-0.15, -0.1) is 0 Å². The molecule has 0 radical (unpaired) electrons. The van der Waals surface area contributed by atoms with E-state index in [-0.39, 0.29) is 0 Å². The van der Waals surface area contributed by atoms with Crippen LogP contribution in [0.15, 0.2) is 0 Å². The van der Waals surface area contributed by atoms with E-state index in [1.54, 1.807) is 0 Å². The van der Waals surface area contributed by atoms with Crippen molar-refractivity contribution in [2.75, 3.05) is 26.2 Å². The Morgan fingerprint density at radius 2 is 1.58 bits per heavy atom. The number of nitrogens with one attached hydrogen (secondary N) is 1. The average molecular weight is 268 g/mol. The van der Waals surface area contributed by atoms with Gasteiger partial charge in [0.2, 0.25) is 0 Å². The first-order chi connectivity index (χ1) is 9.08. The average Bonchev–Trinajstić information content (AvgIpc) is 2.38. The van der Waals surface area contributed by atoms with Crippen LogP contribution in [0.2, 0.25) is 0 Å². The zero-order valence-electron chi connectivity index (χ0n) is 13.8.